The Kier molecular flexibility index (Phi) is 9.03. The second-order valence-electron chi connectivity index (χ2n) is 12.1. The van der Waals surface area contributed by atoms with Gasteiger partial charge in [-0.25, -0.2) is 0 Å². The topological polar surface area (TPSA) is 35.6 Å². The number of nitrogens with zero attached hydrogens (tertiary/aromatic N) is 2. The van der Waals surface area contributed by atoms with E-state index in [9.17, 15) is 31.1 Å². The largest absolute Gasteiger partial charge is 0.416 e. The minimum atomic E-state index is -4.98. The first kappa shape index (κ1) is 31.9. The molecule has 0 spiro atoms. The zero-order valence-corrected chi connectivity index (χ0v) is 24.8. The lowest BCUT2D eigenvalue weighted by Crippen LogP contribution is -2.55. The summed E-state index contributed by atoms with van der Waals surface area (Å²) >= 11 is 0. The number of hydrogen-bond acceptors (Lipinski definition) is 3. The van der Waals surface area contributed by atoms with Gasteiger partial charge in [-0.3, -0.25) is 9.69 Å². The molecule has 1 saturated heterocycles. The van der Waals surface area contributed by atoms with Gasteiger partial charge in [0.15, 0.2) is 0 Å². The van der Waals surface area contributed by atoms with Crippen LogP contribution >= 0.6 is 0 Å². The molecule has 1 aliphatic carbocycles. The monoisotopic (exact) mass is 617 g/mol. The van der Waals surface area contributed by atoms with Crippen LogP contribution in [-0.4, -0.2) is 43.0 Å². The fourth-order valence-corrected chi connectivity index (χ4v) is 6.53. The Morgan fingerprint density at radius 2 is 1.36 bits per heavy atom. The van der Waals surface area contributed by atoms with Crippen LogP contribution in [0.5, 0.6) is 0 Å². The maximum atomic E-state index is 13.6. The van der Waals surface area contributed by atoms with Gasteiger partial charge in [-0.15, -0.1) is 0 Å². The molecule has 10 heteroatoms. The van der Waals surface area contributed by atoms with Gasteiger partial charge in [0.1, 0.15) is 0 Å². The van der Waals surface area contributed by atoms with Gasteiger partial charge in [-0.2, -0.15) is 26.3 Å². The van der Waals surface area contributed by atoms with Crippen LogP contribution < -0.4 is 10.2 Å². The van der Waals surface area contributed by atoms with Crippen molar-refractivity contribution < 1.29 is 31.1 Å². The van der Waals surface area contributed by atoms with E-state index in [0.29, 0.717) is 31.0 Å². The maximum absolute atomic E-state index is 13.6. The third-order valence-electron chi connectivity index (χ3n) is 9.23. The number of piperazine rings is 1. The van der Waals surface area contributed by atoms with Gasteiger partial charge in [0.2, 0.25) is 5.91 Å². The number of hydrogen-bond donors (Lipinski definition) is 1. The Morgan fingerprint density at radius 1 is 0.818 bits per heavy atom. The number of halogens is 6. The lowest BCUT2D eigenvalue weighted by atomic mass is 9.74. The number of carbonyl (C=O) groups is 1. The molecule has 1 atom stereocenters. The first-order valence-corrected chi connectivity index (χ1v) is 15.0. The lowest BCUT2D eigenvalue weighted by molar-refractivity contribution is -0.143. The standard InChI is InChI=1S/C34H37F6N3O/c1-23-8-10-29(11-9-23)42-16-18-43(19-17-42)30-12-14-32(15-13-30,26-6-4-3-5-7-26)41-31(44)24(2)25-20-27(33(35,36)37)22-28(21-25)34(38,39)40/h3-11,20-22,24,30H,12-19H2,1-2H3,(H,41,44). The minimum absolute atomic E-state index is 0.0848. The number of amides is 1. The van der Waals surface area contributed by atoms with Crippen molar-refractivity contribution in [2.24, 2.45) is 0 Å². The normalized spacial score (nSPS) is 22.5. The average Bonchev–Trinajstić information content (AvgIpc) is 3.01. The third kappa shape index (κ3) is 7.06. The van der Waals surface area contributed by atoms with Crippen molar-refractivity contribution in [3.63, 3.8) is 0 Å². The van der Waals surface area contributed by atoms with Gasteiger partial charge in [-0.05, 0) is 81.0 Å². The second kappa shape index (κ2) is 12.5. The molecule has 0 aromatic heterocycles. The van der Waals surface area contributed by atoms with E-state index in [1.54, 1.807) is 0 Å². The summed E-state index contributed by atoms with van der Waals surface area (Å²) in [5.41, 5.74) is -0.649. The predicted octanol–water partition coefficient (Wildman–Crippen LogP) is 7.91. The maximum Gasteiger partial charge on any atom is 0.416 e. The number of benzene rings is 3. The Labute approximate surface area is 254 Å². The predicted molar refractivity (Wildman–Crippen MR) is 158 cm³/mol. The zero-order valence-electron chi connectivity index (χ0n) is 24.8. The van der Waals surface area contributed by atoms with Crippen LogP contribution in [0.3, 0.4) is 0 Å². The quantitative estimate of drug-likeness (QED) is 0.286. The lowest BCUT2D eigenvalue weighted by Gasteiger charge is -2.47. The molecule has 236 valence electrons. The van der Waals surface area contributed by atoms with E-state index in [1.807, 2.05) is 30.3 Å². The summed E-state index contributed by atoms with van der Waals surface area (Å²) in [5, 5.41) is 3.09. The number of carbonyl (C=O) groups excluding carboxylic acids is 1. The molecule has 1 amide bonds. The fourth-order valence-electron chi connectivity index (χ4n) is 6.53. The molecule has 1 N–H and O–H groups in total. The van der Waals surface area contributed by atoms with E-state index in [0.717, 1.165) is 44.6 Å². The van der Waals surface area contributed by atoms with Crippen molar-refractivity contribution in [1.29, 1.82) is 0 Å². The smallest absolute Gasteiger partial charge is 0.369 e. The molecule has 2 aliphatic rings. The van der Waals surface area contributed by atoms with Crippen LogP contribution in [0.4, 0.5) is 32.0 Å². The highest BCUT2D eigenvalue weighted by molar-refractivity contribution is 5.84. The van der Waals surface area contributed by atoms with E-state index in [4.69, 9.17) is 0 Å². The van der Waals surface area contributed by atoms with Crippen LogP contribution in [0.25, 0.3) is 0 Å². The number of alkyl halides is 6. The Bertz CT molecular complexity index is 1390. The molecular weight excluding hydrogens is 580 g/mol. The minimum Gasteiger partial charge on any atom is -0.369 e. The highest BCUT2D eigenvalue weighted by Crippen LogP contribution is 2.41. The van der Waals surface area contributed by atoms with Crippen LogP contribution in [0, 0.1) is 6.92 Å². The van der Waals surface area contributed by atoms with Crippen LogP contribution in [0.1, 0.15) is 66.3 Å². The van der Waals surface area contributed by atoms with Gasteiger partial charge < -0.3 is 10.2 Å². The summed E-state index contributed by atoms with van der Waals surface area (Å²) in [7, 11) is 0. The molecule has 3 aromatic carbocycles. The average molecular weight is 618 g/mol. The fraction of sp³-hybridized carbons (Fsp3) is 0.441. The number of anilines is 1. The van der Waals surface area contributed by atoms with Crippen molar-refractivity contribution in [3.8, 4) is 0 Å². The molecule has 1 saturated carbocycles. The van der Waals surface area contributed by atoms with Crippen molar-refractivity contribution in [1.82, 2.24) is 10.2 Å². The van der Waals surface area contributed by atoms with Crippen molar-refractivity contribution in [3.05, 3.63) is 101 Å². The van der Waals surface area contributed by atoms with E-state index >= 15 is 0 Å². The molecule has 3 aromatic rings. The first-order valence-electron chi connectivity index (χ1n) is 15.0. The number of aryl methyl sites for hydroxylation is 1. The van der Waals surface area contributed by atoms with E-state index in [-0.39, 0.29) is 11.6 Å². The van der Waals surface area contributed by atoms with Crippen LogP contribution in [0.2, 0.25) is 0 Å². The van der Waals surface area contributed by atoms with Gasteiger partial charge in [0.05, 0.1) is 22.6 Å². The number of nitrogens with one attached hydrogen (secondary N) is 1. The van der Waals surface area contributed by atoms with E-state index in [1.165, 1.54) is 18.2 Å². The van der Waals surface area contributed by atoms with Gasteiger partial charge in [0.25, 0.3) is 0 Å². The number of rotatable bonds is 6. The summed E-state index contributed by atoms with van der Waals surface area (Å²) in [6.45, 7) is 7.07. The SMILES string of the molecule is Cc1ccc(N2CCN(C3CCC(NC(=O)C(C)c4cc(C(F)(F)F)cc(C(F)(F)F)c4)(c4ccccc4)CC3)CC2)cc1. The molecule has 44 heavy (non-hydrogen) atoms. The highest BCUT2D eigenvalue weighted by atomic mass is 19.4. The summed E-state index contributed by atoms with van der Waals surface area (Å²) in [6, 6.07) is 19.6. The Morgan fingerprint density at radius 3 is 1.89 bits per heavy atom. The molecule has 1 heterocycles. The molecule has 0 bridgehead atoms. The Hall–Kier alpha value is -3.53. The summed E-state index contributed by atoms with van der Waals surface area (Å²) in [5.74, 6) is -1.84. The van der Waals surface area contributed by atoms with Crippen molar-refractivity contribution in [2.75, 3.05) is 31.1 Å². The van der Waals surface area contributed by atoms with E-state index in [2.05, 4.69) is 46.3 Å². The second-order valence-corrected chi connectivity index (χ2v) is 12.1. The molecule has 5 rings (SSSR count). The summed E-state index contributed by atoms with van der Waals surface area (Å²) in [4.78, 5) is 18.5. The Balaban J connectivity index is 1.30. The zero-order chi connectivity index (χ0) is 31.7. The molecular formula is C34H37F6N3O. The van der Waals surface area contributed by atoms with Gasteiger partial charge >= 0.3 is 12.4 Å². The highest BCUT2D eigenvalue weighted by Gasteiger charge is 2.42. The summed E-state index contributed by atoms with van der Waals surface area (Å²) in [6.07, 6.45) is -7.15. The summed E-state index contributed by atoms with van der Waals surface area (Å²) < 4.78 is 81.0. The molecule has 2 fully saturated rings. The third-order valence-corrected chi connectivity index (χ3v) is 9.23. The molecule has 1 unspecified atom stereocenters. The molecule has 1 aliphatic heterocycles. The van der Waals surface area contributed by atoms with Gasteiger partial charge in [-0.1, -0.05) is 48.0 Å². The van der Waals surface area contributed by atoms with E-state index < -0.39 is 40.8 Å². The van der Waals surface area contributed by atoms with Crippen molar-refractivity contribution in [2.45, 2.75) is 69.4 Å². The first-order chi connectivity index (χ1) is 20.7. The van der Waals surface area contributed by atoms with Crippen molar-refractivity contribution >= 4 is 11.6 Å². The van der Waals surface area contributed by atoms with Crippen LogP contribution in [-0.2, 0) is 22.7 Å². The molecule has 0 radical (unpaired) electrons. The van der Waals surface area contributed by atoms with Gasteiger partial charge in [0, 0.05) is 37.9 Å². The molecule has 4 nitrogen and oxygen atoms in total. The van der Waals surface area contributed by atoms with Crippen LogP contribution in [0.15, 0.2) is 72.8 Å².